The molecule has 2 unspecified atom stereocenters. The monoisotopic (exact) mass is 431 g/mol. The minimum absolute atomic E-state index is 0.0795. The maximum atomic E-state index is 13.9. The van der Waals surface area contributed by atoms with Crippen molar-refractivity contribution in [2.75, 3.05) is 0 Å². The lowest BCUT2D eigenvalue weighted by Gasteiger charge is -2.24. The Bertz CT molecular complexity index is 801. The van der Waals surface area contributed by atoms with E-state index in [-0.39, 0.29) is 5.76 Å². The number of hydrogen-bond donors (Lipinski definition) is 1. The molecule has 1 aromatic carbocycles. The molecular weight excluding hydrogens is 412 g/mol. The number of halogens is 5. The van der Waals surface area contributed by atoms with Gasteiger partial charge < -0.3 is 13.8 Å². The van der Waals surface area contributed by atoms with Gasteiger partial charge in [0.15, 0.2) is 0 Å². The number of benzene rings is 1. The molecule has 2 atom stereocenters. The quantitative estimate of drug-likeness (QED) is 0.160. The molecule has 1 rings (SSSR count). The molecule has 0 fully saturated rings. The van der Waals surface area contributed by atoms with E-state index in [0.717, 1.165) is 0 Å². The fourth-order valence-electron chi connectivity index (χ4n) is 1.72. The Labute approximate surface area is 158 Å². The maximum Gasteiger partial charge on any atom is 0.513 e. The van der Waals surface area contributed by atoms with Gasteiger partial charge in [-0.05, 0) is 40.7 Å². The molecule has 158 valence electrons. The van der Waals surface area contributed by atoms with Crippen LogP contribution in [0.15, 0.2) is 11.8 Å². The molecule has 0 amide bonds. The number of hydrogen-bond acceptors (Lipinski definition) is 5. The van der Waals surface area contributed by atoms with Crippen molar-refractivity contribution in [2.45, 2.75) is 46.8 Å². The highest BCUT2D eigenvalue weighted by atomic mass is 31.2. The molecule has 28 heavy (non-hydrogen) atoms. The highest BCUT2D eigenvalue weighted by Gasteiger charge is 2.38. The molecule has 0 spiro atoms. The lowest BCUT2D eigenvalue weighted by Crippen LogP contribution is -2.36. The van der Waals surface area contributed by atoms with Gasteiger partial charge in [-0.25, -0.2) is 17.7 Å². The topological polar surface area (TPSA) is 73.9 Å². The van der Waals surface area contributed by atoms with Gasteiger partial charge in [0.1, 0.15) is 11.8 Å². The van der Waals surface area contributed by atoms with Gasteiger partial charge in [0, 0.05) is 0 Å². The molecule has 0 saturated carbocycles. The van der Waals surface area contributed by atoms with Crippen LogP contribution in [-0.2, 0) is 18.6 Å². The highest BCUT2D eigenvalue weighted by Crippen LogP contribution is 2.49. The molecule has 0 heterocycles. The van der Waals surface area contributed by atoms with Crippen LogP contribution in [0.3, 0.4) is 0 Å². The summed E-state index contributed by atoms with van der Waals surface area (Å²) in [7, 11) is -4.83. The van der Waals surface area contributed by atoms with Crippen molar-refractivity contribution in [3.05, 3.63) is 40.9 Å². The van der Waals surface area contributed by atoms with E-state index in [1.165, 1.54) is 40.7 Å². The molecule has 1 aromatic rings. The molecule has 0 aliphatic rings. The Balaban J connectivity index is 3.33. The standard InChI is InChI=1S/C16H19F5NO5P/c1-6-8(4)26-28(24,22-9(5)16(23)25-7(2)3)27-15-13(20)11(18)10(17)12(19)14(15)21/h6-7,9H,1-5H3,(H,22,24). The molecule has 0 aromatic heterocycles. The third kappa shape index (κ3) is 5.68. The first kappa shape index (κ1) is 23.9. The predicted molar refractivity (Wildman–Crippen MR) is 88.8 cm³/mol. The van der Waals surface area contributed by atoms with E-state index in [9.17, 15) is 31.3 Å². The second kappa shape index (κ2) is 9.38. The SMILES string of the molecule is CC=C(C)OP(=O)(NC(C)C(=O)OC(C)C)Oc1c(F)c(F)c(F)c(F)c1F. The summed E-state index contributed by atoms with van der Waals surface area (Å²) >= 11 is 0. The fourth-order valence-corrected chi connectivity index (χ4v) is 3.33. The number of ether oxygens (including phenoxy) is 1. The van der Waals surface area contributed by atoms with Gasteiger partial charge >= 0.3 is 13.7 Å². The van der Waals surface area contributed by atoms with Crippen molar-refractivity contribution < 1.29 is 45.1 Å². The fraction of sp³-hybridized carbons (Fsp3) is 0.438. The summed E-state index contributed by atoms with van der Waals surface area (Å²) in [4.78, 5) is 11.9. The summed E-state index contributed by atoms with van der Waals surface area (Å²) in [6.07, 6.45) is 0.748. The highest BCUT2D eigenvalue weighted by molar-refractivity contribution is 7.52. The number of carbonyl (C=O) groups excluding carboxylic acids is 1. The van der Waals surface area contributed by atoms with Crippen LogP contribution >= 0.6 is 7.75 Å². The van der Waals surface area contributed by atoms with Crippen LogP contribution in [0.2, 0.25) is 0 Å². The minimum atomic E-state index is -4.83. The smallest absolute Gasteiger partial charge is 0.462 e. The summed E-state index contributed by atoms with van der Waals surface area (Å²) in [6.45, 7) is 6.99. The number of nitrogens with one attached hydrogen (secondary N) is 1. The van der Waals surface area contributed by atoms with Crippen molar-refractivity contribution in [3.8, 4) is 5.75 Å². The summed E-state index contributed by atoms with van der Waals surface area (Å²) in [5.74, 6) is -14.5. The van der Waals surface area contributed by atoms with Crippen molar-refractivity contribution in [1.82, 2.24) is 5.09 Å². The molecule has 0 aliphatic carbocycles. The minimum Gasteiger partial charge on any atom is -0.462 e. The lowest BCUT2D eigenvalue weighted by atomic mass is 10.3. The van der Waals surface area contributed by atoms with Crippen molar-refractivity contribution in [2.24, 2.45) is 0 Å². The Hall–Kier alpha value is -2.13. The molecule has 6 nitrogen and oxygen atoms in total. The van der Waals surface area contributed by atoms with Crippen molar-refractivity contribution in [1.29, 1.82) is 0 Å². The number of carbonyl (C=O) groups is 1. The van der Waals surface area contributed by atoms with Crippen LogP contribution in [0.25, 0.3) is 0 Å². The first-order valence-electron chi connectivity index (χ1n) is 7.94. The van der Waals surface area contributed by atoms with Gasteiger partial charge in [-0.15, -0.1) is 0 Å². The third-order valence-electron chi connectivity index (χ3n) is 3.11. The van der Waals surface area contributed by atoms with Crippen molar-refractivity contribution in [3.63, 3.8) is 0 Å². The van der Waals surface area contributed by atoms with Crippen LogP contribution in [0.5, 0.6) is 5.75 Å². The Morgan fingerprint density at radius 1 is 1.00 bits per heavy atom. The van der Waals surface area contributed by atoms with E-state index in [4.69, 9.17) is 9.26 Å². The van der Waals surface area contributed by atoms with Crippen LogP contribution in [0, 0.1) is 29.1 Å². The molecule has 1 N–H and O–H groups in total. The van der Waals surface area contributed by atoms with Gasteiger partial charge in [-0.1, -0.05) is 0 Å². The van der Waals surface area contributed by atoms with E-state index in [1.807, 2.05) is 5.09 Å². The molecular formula is C16H19F5NO5P. The van der Waals surface area contributed by atoms with Crippen LogP contribution in [-0.4, -0.2) is 18.1 Å². The first-order valence-corrected chi connectivity index (χ1v) is 9.49. The number of allylic oxidation sites excluding steroid dienone is 2. The molecule has 0 aliphatic heterocycles. The van der Waals surface area contributed by atoms with E-state index in [1.54, 1.807) is 0 Å². The van der Waals surface area contributed by atoms with Gasteiger partial charge in [0.25, 0.3) is 0 Å². The zero-order valence-corrected chi connectivity index (χ0v) is 16.5. The second-order valence-corrected chi connectivity index (χ2v) is 7.43. The van der Waals surface area contributed by atoms with E-state index in [2.05, 4.69) is 4.52 Å². The predicted octanol–water partition coefficient (Wildman–Crippen LogP) is 4.74. The zero-order chi connectivity index (χ0) is 21.8. The molecule has 12 heteroatoms. The van der Waals surface area contributed by atoms with Crippen LogP contribution in [0.1, 0.15) is 34.6 Å². The molecule has 0 bridgehead atoms. The molecule has 0 saturated heterocycles. The lowest BCUT2D eigenvalue weighted by molar-refractivity contribution is -0.149. The normalized spacial score (nSPS) is 15.2. The van der Waals surface area contributed by atoms with Gasteiger partial charge in [0.05, 0.1) is 6.10 Å². The Morgan fingerprint density at radius 2 is 1.46 bits per heavy atom. The second-order valence-electron chi connectivity index (χ2n) is 5.81. The van der Waals surface area contributed by atoms with Gasteiger partial charge in [-0.3, -0.25) is 4.79 Å². The molecule has 0 radical (unpaired) electrons. The van der Waals surface area contributed by atoms with Crippen molar-refractivity contribution >= 4 is 13.7 Å². The first-order chi connectivity index (χ1) is 12.8. The number of esters is 1. The summed E-state index contributed by atoms with van der Waals surface area (Å²) in [6, 6.07) is -1.38. The summed E-state index contributed by atoms with van der Waals surface area (Å²) < 4.78 is 94.9. The number of rotatable bonds is 8. The summed E-state index contributed by atoms with van der Waals surface area (Å²) in [5.41, 5.74) is 0. The average Bonchev–Trinajstić information content (AvgIpc) is 2.61. The maximum absolute atomic E-state index is 13.9. The zero-order valence-electron chi connectivity index (χ0n) is 15.6. The van der Waals surface area contributed by atoms with E-state index in [0.29, 0.717) is 0 Å². The van der Waals surface area contributed by atoms with Gasteiger partial charge in [0.2, 0.25) is 34.8 Å². The Morgan fingerprint density at radius 3 is 1.89 bits per heavy atom. The summed E-state index contributed by atoms with van der Waals surface area (Å²) in [5, 5.41) is 2.04. The van der Waals surface area contributed by atoms with Gasteiger partial charge in [-0.2, -0.15) is 13.9 Å². The average molecular weight is 431 g/mol. The van der Waals surface area contributed by atoms with E-state index < -0.39 is 60.7 Å². The van der Waals surface area contributed by atoms with E-state index >= 15 is 0 Å². The Kier molecular flexibility index (Phi) is 8.01. The largest absolute Gasteiger partial charge is 0.513 e. The third-order valence-corrected chi connectivity index (χ3v) is 4.76. The van der Waals surface area contributed by atoms with Crippen LogP contribution < -0.4 is 9.61 Å². The van der Waals surface area contributed by atoms with Crippen LogP contribution in [0.4, 0.5) is 22.0 Å².